The maximum absolute atomic E-state index is 12.9. The van der Waals surface area contributed by atoms with Crippen LogP contribution in [-0.2, 0) is 16.0 Å². The molecule has 0 spiro atoms. The number of rotatable bonds is 9. The fraction of sp³-hybridized carbons (Fsp3) is 0.556. The number of ketones is 1. The number of aromatic nitrogens is 1. The Morgan fingerprint density at radius 3 is 2.80 bits per heavy atom. The van der Waals surface area contributed by atoms with Crippen LogP contribution in [0.15, 0.2) is 18.3 Å². The van der Waals surface area contributed by atoms with Crippen molar-refractivity contribution in [1.29, 1.82) is 0 Å². The molecule has 7 heteroatoms. The third kappa shape index (κ3) is 5.09. The van der Waals surface area contributed by atoms with Crippen LogP contribution in [-0.4, -0.2) is 53.2 Å². The molecule has 0 aromatic carbocycles. The van der Waals surface area contributed by atoms with Crippen LogP contribution in [0.2, 0.25) is 0 Å². The molecule has 0 saturated carbocycles. The molecule has 0 aliphatic carbocycles. The number of piperazine rings is 1. The van der Waals surface area contributed by atoms with Crippen molar-refractivity contribution in [3.8, 4) is 0 Å². The molecule has 7 nitrogen and oxygen atoms in total. The number of carbonyl (C=O) groups is 3. The van der Waals surface area contributed by atoms with Crippen LogP contribution < -0.4 is 11.1 Å². The van der Waals surface area contributed by atoms with Gasteiger partial charge >= 0.3 is 0 Å². The topological polar surface area (TPSA) is 105 Å². The average Bonchev–Trinajstić information content (AvgIpc) is 2.63. The Labute approximate surface area is 148 Å². The van der Waals surface area contributed by atoms with Gasteiger partial charge in [-0.15, -0.1) is 0 Å². The first-order chi connectivity index (χ1) is 12.1. The maximum atomic E-state index is 12.9. The Morgan fingerprint density at radius 1 is 1.36 bits per heavy atom. The van der Waals surface area contributed by atoms with Crippen molar-refractivity contribution in [1.82, 2.24) is 15.2 Å². The predicted molar refractivity (Wildman–Crippen MR) is 94.0 cm³/mol. The van der Waals surface area contributed by atoms with Gasteiger partial charge in [0.2, 0.25) is 17.6 Å². The zero-order chi connectivity index (χ0) is 18.2. The first-order valence-corrected chi connectivity index (χ1v) is 8.82. The first-order valence-electron chi connectivity index (χ1n) is 8.82. The normalized spacial score (nSPS) is 15.8. The van der Waals surface area contributed by atoms with Gasteiger partial charge < -0.3 is 16.0 Å². The lowest BCUT2D eigenvalue weighted by Crippen LogP contribution is -2.57. The zero-order valence-corrected chi connectivity index (χ0v) is 14.7. The number of nitrogens with one attached hydrogen (secondary N) is 1. The largest absolute Gasteiger partial charge is 0.345 e. The Bertz CT molecular complexity index is 615. The fourth-order valence-corrected chi connectivity index (χ4v) is 2.87. The van der Waals surface area contributed by atoms with Crippen LogP contribution in [0.4, 0.5) is 0 Å². The molecule has 1 aliphatic rings. The molecule has 1 aromatic rings. The van der Waals surface area contributed by atoms with Crippen molar-refractivity contribution < 1.29 is 14.4 Å². The highest BCUT2D eigenvalue weighted by Crippen LogP contribution is 2.16. The number of hydrogen-bond donors (Lipinski definition) is 2. The van der Waals surface area contributed by atoms with Gasteiger partial charge in [0.15, 0.2) is 0 Å². The Kier molecular flexibility index (Phi) is 7.06. The lowest BCUT2D eigenvalue weighted by Gasteiger charge is -2.33. The lowest BCUT2D eigenvalue weighted by molar-refractivity contribution is -0.142. The van der Waals surface area contributed by atoms with E-state index < -0.39 is 6.04 Å². The molecule has 1 aliphatic heterocycles. The summed E-state index contributed by atoms with van der Waals surface area (Å²) in [5.74, 6) is -0.749. The van der Waals surface area contributed by atoms with Crippen LogP contribution in [0.25, 0.3) is 0 Å². The van der Waals surface area contributed by atoms with E-state index in [1.54, 1.807) is 12.3 Å². The second kappa shape index (κ2) is 9.27. The highest BCUT2D eigenvalue weighted by molar-refractivity contribution is 6.02. The summed E-state index contributed by atoms with van der Waals surface area (Å²) >= 11 is 0. The summed E-state index contributed by atoms with van der Waals surface area (Å²) < 4.78 is 0. The third-order valence-electron chi connectivity index (χ3n) is 4.33. The van der Waals surface area contributed by atoms with E-state index >= 15 is 0 Å². The van der Waals surface area contributed by atoms with Crippen molar-refractivity contribution in [3.05, 3.63) is 29.6 Å². The zero-order valence-electron chi connectivity index (χ0n) is 14.7. The van der Waals surface area contributed by atoms with Gasteiger partial charge in [-0.05, 0) is 43.9 Å². The monoisotopic (exact) mass is 346 g/mol. The molecule has 0 radical (unpaired) electrons. The second-order valence-corrected chi connectivity index (χ2v) is 6.26. The number of carbonyl (C=O) groups excluding carboxylic acids is 3. The molecule has 1 aromatic heterocycles. The molecule has 0 bridgehead atoms. The minimum atomic E-state index is -0.698. The van der Waals surface area contributed by atoms with Crippen LogP contribution in [0.1, 0.15) is 48.7 Å². The predicted octanol–water partition coefficient (Wildman–Crippen LogP) is 0.673. The molecule has 2 heterocycles. The summed E-state index contributed by atoms with van der Waals surface area (Å²) in [7, 11) is 0. The van der Waals surface area contributed by atoms with Gasteiger partial charge in [-0.3, -0.25) is 19.4 Å². The molecule has 136 valence electrons. The van der Waals surface area contributed by atoms with Gasteiger partial charge in [0.25, 0.3) is 0 Å². The van der Waals surface area contributed by atoms with Crippen molar-refractivity contribution >= 4 is 17.6 Å². The van der Waals surface area contributed by atoms with Crippen molar-refractivity contribution in [2.75, 3.05) is 19.6 Å². The summed E-state index contributed by atoms with van der Waals surface area (Å²) in [6.07, 6.45) is 5.84. The quantitative estimate of drug-likeness (QED) is 0.640. The van der Waals surface area contributed by atoms with E-state index in [-0.39, 0.29) is 30.7 Å². The van der Waals surface area contributed by atoms with Crippen LogP contribution in [0.5, 0.6) is 0 Å². The number of unbranched alkanes of at least 4 members (excludes halogenated alkanes) is 1. The summed E-state index contributed by atoms with van der Waals surface area (Å²) in [5.41, 5.74) is 6.97. The van der Waals surface area contributed by atoms with E-state index in [0.717, 1.165) is 24.8 Å². The Balaban J connectivity index is 2.17. The minimum absolute atomic E-state index is 0.0748. The molecule has 1 atom stereocenters. The average molecular weight is 346 g/mol. The molecule has 1 saturated heterocycles. The van der Waals surface area contributed by atoms with Crippen LogP contribution in [0.3, 0.4) is 0 Å². The number of nitrogens with zero attached hydrogens (tertiary/aromatic N) is 2. The number of amides is 2. The minimum Gasteiger partial charge on any atom is -0.345 e. The van der Waals surface area contributed by atoms with Gasteiger partial charge in [-0.1, -0.05) is 19.4 Å². The van der Waals surface area contributed by atoms with E-state index in [0.29, 0.717) is 25.1 Å². The number of nitrogens with two attached hydrogens (primary N) is 1. The molecular weight excluding hydrogens is 320 g/mol. The van der Waals surface area contributed by atoms with Crippen molar-refractivity contribution in [3.63, 3.8) is 0 Å². The highest BCUT2D eigenvalue weighted by atomic mass is 16.2. The van der Waals surface area contributed by atoms with Gasteiger partial charge in [0, 0.05) is 6.20 Å². The number of aryl methyl sites for hydroxylation is 1. The second-order valence-electron chi connectivity index (χ2n) is 6.26. The van der Waals surface area contributed by atoms with Crippen molar-refractivity contribution in [2.24, 2.45) is 5.73 Å². The molecule has 1 fully saturated rings. The molecule has 1 unspecified atom stereocenters. The lowest BCUT2D eigenvalue weighted by atomic mass is 10.00. The van der Waals surface area contributed by atoms with E-state index in [1.807, 2.05) is 6.07 Å². The van der Waals surface area contributed by atoms with Crippen LogP contribution >= 0.6 is 0 Å². The first kappa shape index (κ1) is 19.1. The summed E-state index contributed by atoms with van der Waals surface area (Å²) in [4.78, 5) is 42.3. The van der Waals surface area contributed by atoms with Gasteiger partial charge in [0.05, 0.1) is 12.6 Å². The SMILES string of the molecule is CCCCc1ccc(C(=O)C(CCCN)N2CC(=O)NCC2=O)nc1. The standard InChI is InChI=1S/C18H26N4O3/c1-2-3-5-13-7-8-14(20-10-13)18(25)15(6-4-9-19)22-12-16(23)21-11-17(22)24/h7-8,10,15H,2-6,9,11-12,19H2,1H3,(H,21,23). The number of hydrogen-bond acceptors (Lipinski definition) is 5. The van der Waals surface area contributed by atoms with Gasteiger partial charge in [-0.25, -0.2) is 0 Å². The highest BCUT2D eigenvalue weighted by Gasteiger charge is 2.34. The number of Topliss-reactive ketones (excluding diaryl/α,β-unsaturated/α-hetero) is 1. The van der Waals surface area contributed by atoms with Crippen molar-refractivity contribution in [2.45, 2.75) is 45.1 Å². The van der Waals surface area contributed by atoms with E-state index in [1.165, 1.54) is 4.90 Å². The third-order valence-corrected chi connectivity index (χ3v) is 4.33. The Morgan fingerprint density at radius 2 is 2.16 bits per heavy atom. The van der Waals surface area contributed by atoms with Gasteiger partial charge in [-0.2, -0.15) is 0 Å². The summed E-state index contributed by atoms with van der Waals surface area (Å²) in [6.45, 7) is 2.36. The Hall–Kier alpha value is -2.28. The molecule has 2 amide bonds. The molecule has 25 heavy (non-hydrogen) atoms. The summed E-state index contributed by atoms with van der Waals surface area (Å²) in [6, 6.07) is 2.91. The number of pyridine rings is 1. The van der Waals surface area contributed by atoms with E-state index in [4.69, 9.17) is 5.73 Å². The molecular formula is C18H26N4O3. The van der Waals surface area contributed by atoms with E-state index in [9.17, 15) is 14.4 Å². The van der Waals surface area contributed by atoms with Crippen LogP contribution in [0, 0.1) is 0 Å². The summed E-state index contributed by atoms with van der Waals surface area (Å²) in [5, 5.41) is 2.50. The van der Waals surface area contributed by atoms with Gasteiger partial charge in [0.1, 0.15) is 12.2 Å². The fourth-order valence-electron chi connectivity index (χ4n) is 2.87. The molecule has 3 N–H and O–H groups in total. The maximum Gasteiger partial charge on any atom is 0.243 e. The molecule has 2 rings (SSSR count). The smallest absolute Gasteiger partial charge is 0.243 e. The van der Waals surface area contributed by atoms with E-state index in [2.05, 4.69) is 17.2 Å².